The molecule has 0 aliphatic carbocycles. The van der Waals surface area contributed by atoms with Gasteiger partial charge in [0.2, 0.25) is 0 Å². The van der Waals surface area contributed by atoms with Crippen molar-refractivity contribution in [1.82, 2.24) is 0 Å². The Labute approximate surface area is 186 Å². The van der Waals surface area contributed by atoms with Gasteiger partial charge in [-0.3, -0.25) is 0 Å². The number of esters is 2. The summed E-state index contributed by atoms with van der Waals surface area (Å²) in [5.41, 5.74) is -7.07. The summed E-state index contributed by atoms with van der Waals surface area (Å²) in [6, 6.07) is 0. The molecule has 5 unspecified atom stereocenters. The standard InChI is InChI=1S/C14H16F2O8S.2Hg/c1-9-6-10(2)12(4,23-8(18)14(15,16)25(19,20)21)13(5,22-7(9)17)11(9,3)24-10;;/h1-5H3,(H,19,20,21);;. The van der Waals surface area contributed by atoms with Crippen molar-refractivity contribution in [3.05, 3.63) is 0 Å². The predicted molar refractivity (Wildman–Crippen MR) is 74.2 cm³/mol. The van der Waals surface area contributed by atoms with Crippen LogP contribution in [0.3, 0.4) is 0 Å². The molecule has 144 valence electrons. The van der Waals surface area contributed by atoms with E-state index in [1.807, 2.05) is 0 Å². The SMILES string of the molecule is CC12OC3(C)C(C)(OC(=O)C3(C)[C]1([Hg])[Hg])C2(C)OC(=O)C(F)(F)S(=O)(=O)O. The third-order valence-electron chi connectivity index (χ3n) is 7.53. The summed E-state index contributed by atoms with van der Waals surface area (Å²) in [6.07, 6.45) is 0. The van der Waals surface area contributed by atoms with Crippen LogP contribution in [-0.2, 0) is 86.2 Å². The summed E-state index contributed by atoms with van der Waals surface area (Å²) in [5, 5.41) is -5.16. The molecular formula is C14H16F2Hg2O8S. The number of hydrogen-bond donors (Lipinski definition) is 1. The van der Waals surface area contributed by atoms with E-state index >= 15 is 0 Å². The van der Waals surface area contributed by atoms with E-state index in [0.717, 1.165) is 0 Å². The number of alkyl halides is 2. The van der Waals surface area contributed by atoms with Gasteiger partial charge in [-0.25, -0.2) is 0 Å². The van der Waals surface area contributed by atoms with Gasteiger partial charge in [0.1, 0.15) is 0 Å². The van der Waals surface area contributed by atoms with Crippen LogP contribution in [0.5, 0.6) is 0 Å². The number of halogens is 2. The Hall–Kier alpha value is 0.540. The van der Waals surface area contributed by atoms with E-state index in [1.54, 1.807) is 20.8 Å². The summed E-state index contributed by atoms with van der Waals surface area (Å²) in [4.78, 5) is 25.0. The van der Waals surface area contributed by atoms with E-state index < -0.39 is 55.6 Å². The molecule has 0 saturated carbocycles. The second-order valence-corrected chi connectivity index (χ2v) is 34.2. The molecule has 0 aromatic heterocycles. The Morgan fingerprint density at radius 2 is 1.59 bits per heavy atom. The summed E-state index contributed by atoms with van der Waals surface area (Å²) < 4.78 is 74.7. The number of fused-ring (bicyclic) bond motifs is 1. The van der Waals surface area contributed by atoms with Crippen molar-refractivity contribution < 1.29 is 97.8 Å². The van der Waals surface area contributed by atoms with Crippen LogP contribution >= 0.6 is 0 Å². The molecule has 3 fully saturated rings. The van der Waals surface area contributed by atoms with E-state index in [4.69, 9.17) is 18.8 Å². The number of carbonyl (C=O) groups is 2. The molecule has 0 spiro atoms. The number of rotatable bonds is 3. The van der Waals surface area contributed by atoms with E-state index in [0.29, 0.717) is 0 Å². The second-order valence-electron chi connectivity index (χ2n) is 8.21. The van der Waals surface area contributed by atoms with Gasteiger partial charge in [0.25, 0.3) is 0 Å². The van der Waals surface area contributed by atoms with Gasteiger partial charge < -0.3 is 0 Å². The summed E-state index contributed by atoms with van der Waals surface area (Å²) in [5.74, 6) is -2.97. The van der Waals surface area contributed by atoms with Gasteiger partial charge in [-0.1, -0.05) is 0 Å². The fraction of sp³-hybridized carbons (Fsp3) is 0.857. The number of ether oxygens (including phenoxy) is 3. The fourth-order valence-corrected chi connectivity index (χ4v) is 12.2. The molecule has 0 aromatic carbocycles. The van der Waals surface area contributed by atoms with Crippen LogP contribution < -0.4 is 0 Å². The molecule has 3 saturated heterocycles. The van der Waals surface area contributed by atoms with Crippen LogP contribution in [0.2, 0.25) is 0.432 Å². The molecule has 3 aliphatic heterocycles. The maximum atomic E-state index is 13.9. The molecular weight excluding hydrogens is 767 g/mol. The Kier molecular flexibility index (Phi) is 4.31. The van der Waals surface area contributed by atoms with Crippen LogP contribution in [0.1, 0.15) is 34.6 Å². The molecule has 5 atom stereocenters. The monoisotopic (exact) mass is 786 g/mol. The van der Waals surface area contributed by atoms with Gasteiger partial charge in [-0.2, -0.15) is 0 Å². The number of carbonyl (C=O) groups excluding carboxylic acids is 2. The topological polar surface area (TPSA) is 116 Å². The first-order chi connectivity index (χ1) is 11.7. The average Bonchev–Trinajstić information content (AvgIpc) is 2.78. The zero-order valence-electron chi connectivity index (χ0n) is 15.4. The first-order valence-electron chi connectivity index (χ1n) is 7.94. The van der Waals surface area contributed by atoms with Crippen LogP contribution in [0.4, 0.5) is 8.78 Å². The molecule has 8 nitrogen and oxygen atoms in total. The van der Waals surface area contributed by atoms with Crippen molar-refractivity contribution in [1.29, 1.82) is 0 Å². The average molecular weight is 784 g/mol. The first-order valence-corrected chi connectivity index (χ1v) is 14.9. The first kappa shape index (κ1) is 22.2. The quantitative estimate of drug-likeness (QED) is 0.255. The van der Waals surface area contributed by atoms with Crippen LogP contribution in [0.25, 0.3) is 0 Å². The molecule has 3 rings (SSSR count). The third-order valence-corrected chi connectivity index (χ3v) is 19.1. The van der Waals surface area contributed by atoms with Crippen molar-refractivity contribution in [2.45, 2.75) is 62.7 Å². The zero-order valence-corrected chi connectivity index (χ0v) is 27.2. The van der Waals surface area contributed by atoms with E-state index in [9.17, 15) is 26.8 Å². The Balaban J connectivity index is 2.21. The molecule has 13 heteroatoms. The minimum absolute atomic E-state index is 0.0995. The fourth-order valence-electron chi connectivity index (χ4n) is 5.00. The molecule has 2 bridgehead atoms. The molecule has 0 aromatic rings. The van der Waals surface area contributed by atoms with Crippen molar-refractivity contribution >= 4 is 22.1 Å². The van der Waals surface area contributed by atoms with Crippen LogP contribution in [0.15, 0.2) is 0 Å². The zero-order chi connectivity index (χ0) is 21.3. The van der Waals surface area contributed by atoms with Crippen LogP contribution in [0, 0.1) is 5.41 Å². The van der Waals surface area contributed by atoms with Gasteiger partial charge in [-0.05, 0) is 0 Å². The molecule has 0 amide bonds. The van der Waals surface area contributed by atoms with Gasteiger partial charge in [0.15, 0.2) is 0 Å². The predicted octanol–water partition coefficient (Wildman–Crippen LogP) is 0.862. The third kappa shape index (κ3) is 1.91. The maximum absolute atomic E-state index is 13.9. The van der Waals surface area contributed by atoms with Gasteiger partial charge in [0.05, 0.1) is 0 Å². The van der Waals surface area contributed by atoms with E-state index in [2.05, 4.69) is 0 Å². The summed E-state index contributed by atoms with van der Waals surface area (Å²) in [6.45, 7) is 7.74. The van der Waals surface area contributed by atoms with E-state index in [-0.39, 0.29) is 52.2 Å². The molecule has 3 heterocycles. The van der Waals surface area contributed by atoms with Gasteiger partial charge in [-0.15, -0.1) is 0 Å². The van der Waals surface area contributed by atoms with Crippen LogP contribution in [-0.4, -0.2) is 52.6 Å². The van der Waals surface area contributed by atoms with Gasteiger partial charge in [0, 0.05) is 0 Å². The van der Waals surface area contributed by atoms with Gasteiger partial charge >= 0.3 is 188 Å². The number of hydrogen-bond acceptors (Lipinski definition) is 7. The molecule has 3 aliphatic rings. The molecule has 1 N–H and O–H groups in total. The summed E-state index contributed by atoms with van der Waals surface area (Å²) >= 11 is -0.199. The Morgan fingerprint density at radius 1 is 1.11 bits per heavy atom. The minimum atomic E-state index is -6.04. The summed E-state index contributed by atoms with van der Waals surface area (Å²) in [7, 11) is -6.04. The van der Waals surface area contributed by atoms with Crippen molar-refractivity contribution in [3.8, 4) is 0 Å². The molecule has 27 heavy (non-hydrogen) atoms. The normalized spacial score (nSPS) is 47.9. The van der Waals surface area contributed by atoms with Crippen molar-refractivity contribution in [2.24, 2.45) is 5.41 Å². The second kappa shape index (κ2) is 5.23. The Morgan fingerprint density at radius 3 is 2.04 bits per heavy atom. The Bertz CT molecular complexity index is 894. The van der Waals surface area contributed by atoms with Crippen molar-refractivity contribution in [2.75, 3.05) is 0 Å². The van der Waals surface area contributed by atoms with Crippen molar-refractivity contribution in [3.63, 3.8) is 0 Å². The molecule has 0 radical (unpaired) electrons. The van der Waals surface area contributed by atoms with E-state index in [1.165, 1.54) is 13.8 Å².